The molecule has 0 amide bonds. The average Bonchev–Trinajstić information content (AvgIpc) is 2.41. The van der Waals surface area contributed by atoms with Gasteiger partial charge in [0, 0.05) is 13.6 Å². The maximum absolute atomic E-state index is 10.9. The van der Waals surface area contributed by atoms with Crippen LogP contribution in [0, 0.1) is 6.92 Å². The Balaban J connectivity index is 2.18. The zero-order valence-corrected chi connectivity index (χ0v) is 12.2. The summed E-state index contributed by atoms with van der Waals surface area (Å²) >= 11 is 6.15. The summed E-state index contributed by atoms with van der Waals surface area (Å²) in [7, 11) is 1.93. The molecule has 0 spiro atoms. The quantitative estimate of drug-likeness (QED) is 0.925. The predicted molar refractivity (Wildman–Crippen MR) is 81.7 cm³/mol. The van der Waals surface area contributed by atoms with E-state index in [0.29, 0.717) is 11.6 Å². The third-order valence-corrected chi connectivity index (χ3v) is 3.45. The van der Waals surface area contributed by atoms with Gasteiger partial charge in [-0.25, -0.2) is 4.79 Å². The van der Waals surface area contributed by atoms with Crippen LogP contribution in [-0.2, 0) is 6.54 Å². The number of nitrogens with zero attached hydrogens (tertiary/aromatic N) is 1. The number of aryl methyl sites for hydroxylation is 1. The lowest BCUT2D eigenvalue weighted by Crippen LogP contribution is -2.17. The summed E-state index contributed by atoms with van der Waals surface area (Å²) in [5, 5.41) is 9.37. The van der Waals surface area contributed by atoms with Crippen molar-refractivity contribution in [3.63, 3.8) is 0 Å². The molecular formula is C16H16ClNO2. The molecule has 4 heteroatoms. The Morgan fingerprint density at radius 2 is 1.85 bits per heavy atom. The average molecular weight is 290 g/mol. The maximum atomic E-state index is 10.9. The molecule has 0 fully saturated rings. The van der Waals surface area contributed by atoms with E-state index in [1.54, 1.807) is 12.1 Å². The molecule has 1 N–H and O–H groups in total. The monoisotopic (exact) mass is 289 g/mol. The van der Waals surface area contributed by atoms with E-state index in [-0.39, 0.29) is 5.56 Å². The minimum absolute atomic E-state index is 0.197. The molecule has 0 heterocycles. The highest BCUT2D eigenvalue weighted by atomic mass is 35.5. The minimum Gasteiger partial charge on any atom is -0.478 e. The lowest BCUT2D eigenvalue weighted by Gasteiger charge is -2.21. The van der Waals surface area contributed by atoms with Crippen molar-refractivity contribution in [1.82, 2.24) is 0 Å². The fourth-order valence-corrected chi connectivity index (χ4v) is 2.33. The number of carbonyl (C=O) groups is 1. The molecule has 2 rings (SSSR count). The Kier molecular flexibility index (Phi) is 4.30. The second-order valence-electron chi connectivity index (χ2n) is 4.81. The summed E-state index contributed by atoms with van der Waals surface area (Å²) in [4.78, 5) is 12.9. The highest BCUT2D eigenvalue weighted by Gasteiger charge is 2.10. The van der Waals surface area contributed by atoms with Crippen molar-refractivity contribution in [2.45, 2.75) is 13.5 Å². The number of benzene rings is 2. The van der Waals surface area contributed by atoms with E-state index in [2.05, 4.69) is 31.2 Å². The molecule has 2 aromatic rings. The van der Waals surface area contributed by atoms with E-state index in [1.165, 1.54) is 17.2 Å². The van der Waals surface area contributed by atoms with Crippen LogP contribution in [-0.4, -0.2) is 18.1 Å². The molecule has 20 heavy (non-hydrogen) atoms. The van der Waals surface area contributed by atoms with Gasteiger partial charge >= 0.3 is 5.97 Å². The van der Waals surface area contributed by atoms with Crippen molar-refractivity contribution >= 4 is 23.3 Å². The van der Waals surface area contributed by atoms with E-state index in [9.17, 15) is 4.79 Å². The molecule has 0 radical (unpaired) electrons. The maximum Gasteiger partial charge on any atom is 0.335 e. The van der Waals surface area contributed by atoms with E-state index in [1.807, 2.05) is 11.9 Å². The molecule has 0 atom stereocenters. The van der Waals surface area contributed by atoms with Crippen LogP contribution in [0.25, 0.3) is 0 Å². The van der Waals surface area contributed by atoms with Crippen molar-refractivity contribution in [1.29, 1.82) is 0 Å². The lowest BCUT2D eigenvalue weighted by molar-refractivity contribution is 0.0697. The lowest BCUT2D eigenvalue weighted by atomic mass is 10.1. The second-order valence-corrected chi connectivity index (χ2v) is 5.22. The number of hydrogen-bond acceptors (Lipinski definition) is 2. The molecule has 0 unspecified atom stereocenters. The molecule has 0 aliphatic heterocycles. The van der Waals surface area contributed by atoms with E-state index in [4.69, 9.17) is 16.7 Å². The van der Waals surface area contributed by atoms with Crippen LogP contribution < -0.4 is 4.90 Å². The summed E-state index contributed by atoms with van der Waals surface area (Å²) in [6.07, 6.45) is 0. The highest BCUT2D eigenvalue weighted by molar-refractivity contribution is 6.33. The van der Waals surface area contributed by atoms with Crippen LogP contribution in [0.2, 0.25) is 5.02 Å². The number of aromatic carboxylic acids is 1. The number of carboxylic acids is 1. The Morgan fingerprint density at radius 1 is 1.20 bits per heavy atom. The fourth-order valence-electron chi connectivity index (χ4n) is 2.00. The number of anilines is 1. The normalized spacial score (nSPS) is 10.3. The van der Waals surface area contributed by atoms with Crippen LogP contribution >= 0.6 is 11.6 Å². The number of carboxylic acid groups (broad SMARTS) is 1. The summed E-state index contributed by atoms with van der Waals surface area (Å²) in [5.41, 5.74) is 3.41. The first-order chi connectivity index (χ1) is 9.47. The highest BCUT2D eigenvalue weighted by Crippen LogP contribution is 2.27. The molecule has 104 valence electrons. The first-order valence-corrected chi connectivity index (χ1v) is 6.64. The van der Waals surface area contributed by atoms with Crippen molar-refractivity contribution in [3.8, 4) is 0 Å². The molecule has 0 bridgehead atoms. The van der Waals surface area contributed by atoms with Gasteiger partial charge in [-0.3, -0.25) is 0 Å². The third-order valence-electron chi connectivity index (χ3n) is 3.15. The van der Waals surface area contributed by atoms with Gasteiger partial charge in [0.05, 0.1) is 16.3 Å². The predicted octanol–water partition coefficient (Wildman–Crippen LogP) is 3.98. The molecule has 2 aromatic carbocycles. The van der Waals surface area contributed by atoms with Gasteiger partial charge < -0.3 is 10.0 Å². The van der Waals surface area contributed by atoms with Gasteiger partial charge in [-0.15, -0.1) is 0 Å². The zero-order valence-electron chi connectivity index (χ0n) is 11.4. The van der Waals surface area contributed by atoms with Crippen molar-refractivity contribution in [3.05, 3.63) is 64.2 Å². The van der Waals surface area contributed by atoms with E-state index >= 15 is 0 Å². The largest absolute Gasteiger partial charge is 0.478 e. The Bertz CT molecular complexity index is 623. The van der Waals surface area contributed by atoms with E-state index in [0.717, 1.165) is 5.69 Å². The van der Waals surface area contributed by atoms with Crippen LogP contribution in [0.5, 0.6) is 0 Å². The molecule has 0 saturated carbocycles. The van der Waals surface area contributed by atoms with Gasteiger partial charge in [-0.1, -0.05) is 41.4 Å². The van der Waals surface area contributed by atoms with Gasteiger partial charge in [0.15, 0.2) is 0 Å². The SMILES string of the molecule is Cc1ccc(CN(C)c2ccc(C(=O)O)cc2Cl)cc1. The number of hydrogen-bond donors (Lipinski definition) is 1. The molecule has 0 aromatic heterocycles. The molecule has 3 nitrogen and oxygen atoms in total. The summed E-state index contributed by atoms with van der Waals surface area (Å²) in [6.45, 7) is 2.77. The van der Waals surface area contributed by atoms with Gasteiger partial charge in [-0.05, 0) is 30.7 Å². The molecule has 0 saturated heterocycles. The smallest absolute Gasteiger partial charge is 0.335 e. The van der Waals surface area contributed by atoms with Gasteiger partial charge in [0.25, 0.3) is 0 Å². The Hall–Kier alpha value is -2.00. The fraction of sp³-hybridized carbons (Fsp3) is 0.188. The number of halogens is 1. The molecule has 0 aliphatic rings. The second kappa shape index (κ2) is 5.97. The van der Waals surface area contributed by atoms with Gasteiger partial charge in [0.1, 0.15) is 0 Å². The van der Waals surface area contributed by atoms with Crippen molar-refractivity contribution in [2.24, 2.45) is 0 Å². The third kappa shape index (κ3) is 3.31. The summed E-state index contributed by atoms with van der Waals surface area (Å²) in [6, 6.07) is 13.1. The first-order valence-electron chi connectivity index (χ1n) is 6.27. The summed E-state index contributed by atoms with van der Waals surface area (Å²) < 4.78 is 0. The van der Waals surface area contributed by atoms with Crippen molar-refractivity contribution in [2.75, 3.05) is 11.9 Å². The molecular weight excluding hydrogens is 274 g/mol. The van der Waals surface area contributed by atoms with E-state index < -0.39 is 5.97 Å². The van der Waals surface area contributed by atoms with Crippen LogP contribution in [0.3, 0.4) is 0 Å². The topological polar surface area (TPSA) is 40.5 Å². The first kappa shape index (κ1) is 14.4. The minimum atomic E-state index is -0.973. The van der Waals surface area contributed by atoms with Crippen LogP contribution in [0.1, 0.15) is 21.5 Å². The van der Waals surface area contributed by atoms with Crippen molar-refractivity contribution < 1.29 is 9.90 Å². The standard InChI is InChI=1S/C16H16ClNO2/c1-11-3-5-12(6-4-11)10-18(2)15-8-7-13(16(19)20)9-14(15)17/h3-9H,10H2,1-2H3,(H,19,20). The summed E-state index contributed by atoms with van der Waals surface area (Å²) in [5.74, 6) is -0.973. The van der Waals surface area contributed by atoms with Crippen LogP contribution in [0.15, 0.2) is 42.5 Å². The number of rotatable bonds is 4. The Labute approximate surface area is 123 Å². The zero-order chi connectivity index (χ0) is 14.7. The molecule has 0 aliphatic carbocycles. The van der Waals surface area contributed by atoms with Crippen LogP contribution in [0.4, 0.5) is 5.69 Å². The van der Waals surface area contributed by atoms with Gasteiger partial charge in [0.2, 0.25) is 0 Å². The van der Waals surface area contributed by atoms with Gasteiger partial charge in [-0.2, -0.15) is 0 Å². The Morgan fingerprint density at radius 3 is 2.40 bits per heavy atom.